The quantitative estimate of drug-likeness (QED) is 0.757. The SMILES string of the molecule is CC1(C)C[C@]2(C)CC3=C([C@H](CO)C(C)(C)C3)[C@@](CO)(C1)C2. The van der Waals surface area contributed by atoms with Gasteiger partial charge < -0.3 is 10.2 Å². The zero-order valence-electron chi connectivity index (χ0n) is 14.4. The van der Waals surface area contributed by atoms with Gasteiger partial charge in [0.15, 0.2) is 0 Å². The maximum atomic E-state index is 10.4. The molecule has 0 spiro atoms. The topological polar surface area (TPSA) is 40.5 Å². The van der Waals surface area contributed by atoms with E-state index in [9.17, 15) is 10.2 Å². The van der Waals surface area contributed by atoms with Crippen molar-refractivity contribution in [2.24, 2.45) is 27.6 Å². The molecule has 0 amide bonds. The maximum Gasteiger partial charge on any atom is 0.0525 e. The lowest BCUT2D eigenvalue weighted by molar-refractivity contribution is -0.0404. The Balaban J connectivity index is 2.13. The lowest BCUT2D eigenvalue weighted by atomic mass is 9.47. The van der Waals surface area contributed by atoms with Crippen LogP contribution in [-0.4, -0.2) is 23.4 Å². The molecule has 3 atom stereocenters. The van der Waals surface area contributed by atoms with E-state index in [0.717, 1.165) is 19.3 Å². The van der Waals surface area contributed by atoms with Crippen LogP contribution >= 0.6 is 0 Å². The largest absolute Gasteiger partial charge is 0.396 e. The summed E-state index contributed by atoms with van der Waals surface area (Å²) in [6, 6.07) is 0. The molecule has 1 fully saturated rings. The average Bonchev–Trinajstić information content (AvgIpc) is 2.55. The van der Waals surface area contributed by atoms with E-state index >= 15 is 0 Å². The smallest absolute Gasteiger partial charge is 0.0525 e. The highest BCUT2D eigenvalue weighted by molar-refractivity contribution is 5.38. The van der Waals surface area contributed by atoms with Crippen molar-refractivity contribution in [1.29, 1.82) is 0 Å². The molecule has 2 N–H and O–H groups in total. The summed E-state index contributed by atoms with van der Waals surface area (Å²) in [7, 11) is 0. The Morgan fingerprint density at radius 1 is 0.952 bits per heavy atom. The summed E-state index contributed by atoms with van der Waals surface area (Å²) in [6.07, 6.45) is 5.70. The van der Waals surface area contributed by atoms with Crippen LogP contribution in [0.3, 0.4) is 0 Å². The van der Waals surface area contributed by atoms with Crippen molar-refractivity contribution < 1.29 is 10.2 Å². The van der Waals surface area contributed by atoms with Crippen LogP contribution in [0, 0.1) is 27.6 Å². The summed E-state index contributed by atoms with van der Waals surface area (Å²) in [5.74, 6) is 0.234. The highest BCUT2D eigenvalue weighted by Gasteiger charge is 2.59. The van der Waals surface area contributed by atoms with Crippen LogP contribution < -0.4 is 0 Å². The molecule has 2 heteroatoms. The second-order valence-electron chi connectivity index (χ2n) is 10.0. The van der Waals surface area contributed by atoms with Crippen molar-refractivity contribution in [3.63, 3.8) is 0 Å². The van der Waals surface area contributed by atoms with Gasteiger partial charge in [-0.25, -0.2) is 0 Å². The standard InChI is InChI=1S/C19H32O2/c1-16(2)9-18(5)7-13-6-17(3,4)14(8-20)15(13)19(10-16,11-18)12-21/h14,20-21H,6-12H2,1-5H3/t14-,18-,19-/m0/s1. The summed E-state index contributed by atoms with van der Waals surface area (Å²) in [4.78, 5) is 0. The Morgan fingerprint density at radius 2 is 1.62 bits per heavy atom. The minimum absolute atomic E-state index is 0.0781. The predicted molar refractivity (Wildman–Crippen MR) is 85.9 cm³/mol. The van der Waals surface area contributed by atoms with Gasteiger partial charge in [0.2, 0.25) is 0 Å². The molecule has 0 aromatic carbocycles. The van der Waals surface area contributed by atoms with E-state index in [1.807, 2.05) is 0 Å². The summed E-state index contributed by atoms with van der Waals surface area (Å²) in [5, 5.41) is 20.4. The highest BCUT2D eigenvalue weighted by Crippen LogP contribution is 2.68. The van der Waals surface area contributed by atoms with Gasteiger partial charge in [0, 0.05) is 11.3 Å². The van der Waals surface area contributed by atoms with E-state index in [0.29, 0.717) is 5.41 Å². The van der Waals surface area contributed by atoms with Gasteiger partial charge in [0.1, 0.15) is 0 Å². The van der Waals surface area contributed by atoms with E-state index in [2.05, 4.69) is 34.6 Å². The molecule has 0 heterocycles. The summed E-state index contributed by atoms with van der Waals surface area (Å²) >= 11 is 0. The first-order valence-electron chi connectivity index (χ1n) is 8.51. The minimum atomic E-state index is -0.0781. The maximum absolute atomic E-state index is 10.4. The van der Waals surface area contributed by atoms with E-state index < -0.39 is 0 Å². The number of allylic oxidation sites excluding steroid dienone is 1. The molecule has 2 bridgehead atoms. The Kier molecular flexibility index (Phi) is 3.22. The number of rotatable bonds is 2. The number of aliphatic hydroxyl groups excluding tert-OH is 2. The molecule has 0 aromatic rings. The first kappa shape index (κ1) is 15.6. The first-order chi connectivity index (χ1) is 9.56. The minimum Gasteiger partial charge on any atom is -0.396 e. The number of aliphatic hydroxyl groups is 2. The Bertz CT molecular complexity index is 488. The highest BCUT2D eigenvalue weighted by atomic mass is 16.3. The number of fused-ring (bicyclic) bond motifs is 3. The van der Waals surface area contributed by atoms with Gasteiger partial charge in [-0.2, -0.15) is 0 Å². The van der Waals surface area contributed by atoms with Gasteiger partial charge in [-0.05, 0) is 48.3 Å². The van der Waals surface area contributed by atoms with Crippen LogP contribution in [0.25, 0.3) is 0 Å². The van der Waals surface area contributed by atoms with E-state index in [1.54, 1.807) is 5.57 Å². The molecule has 2 nitrogen and oxygen atoms in total. The first-order valence-corrected chi connectivity index (χ1v) is 8.51. The molecule has 0 unspecified atom stereocenters. The Morgan fingerprint density at radius 3 is 2.19 bits per heavy atom. The Hall–Kier alpha value is -0.340. The van der Waals surface area contributed by atoms with Crippen LogP contribution in [0.4, 0.5) is 0 Å². The van der Waals surface area contributed by atoms with Crippen molar-refractivity contribution in [2.75, 3.05) is 13.2 Å². The van der Waals surface area contributed by atoms with Gasteiger partial charge in [0.05, 0.1) is 13.2 Å². The molecule has 120 valence electrons. The van der Waals surface area contributed by atoms with Crippen molar-refractivity contribution in [1.82, 2.24) is 0 Å². The van der Waals surface area contributed by atoms with Crippen molar-refractivity contribution in [2.45, 2.75) is 66.7 Å². The van der Waals surface area contributed by atoms with Crippen LogP contribution in [-0.2, 0) is 0 Å². The molecule has 0 radical (unpaired) electrons. The normalized spacial score (nSPS) is 43.9. The van der Waals surface area contributed by atoms with Gasteiger partial charge in [-0.15, -0.1) is 0 Å². The summed E-state index contributed by atoms with van der Waals surface area (Å²) in [6.45, 7) is 12.2. The predicted octanol–water partition coefficient (Wildman–Crippen LogP) is 3.92. The fraction of sp³-hybridized carbons (Fsp3) is 0.895. The fourth-order valence-electron chi connectivity index (χ4n) is 6.75. The third-order valence-electron chi connectivity index (χ3n) is 6.53. The van der Waals surface area contributed by atoms with Crippen LogP contribution in [0.5, 0.6) is 0 Å². The van der Waals surface area contributed by atoms with Gasteiger partial charge in [0.25, 0.3) is 0 Å². The van der Waals surface area contributed by atoms with Gasteiger partial charge >= 0.3 is 0 Å². The number of hydrogen-bond donors (Lipinski definition) is 2. The van der Waals surface area contributed by atoms with Crippen molar-refractivity contribution >= 4 is 0 Å². The Labute approximate surface area is 129 Å². The molecule has 3 aliphatic carbocycles. The zero-order valence-corrected chi connectivity index (χ0v) is 14.4. The lowest BCUT2D eigenvalue weighted by Gasteiger charge is -2.57. The third kappa shape index (κ3) is 2.21. The van der Waals surface area contributed by atoms with E-state index in [4.69, 9.17) is 0 Å². The van der Waals surface area contributed by atoms with Crippen LogP contribution in [0.1, 0.15) is 66.7 Å². The molecule has 3 rings (SSSR count). The molecule has 0 aromatic heterocycles. The van der Waals surface area contributed by atoms with E-state index in [-0.39, 0.29) is 35.4 Å². The monoisotopic (exact) mass is 292 g/mol. The lowest BCUT2D eigenvalue weighted by Crippen LogP contribution is -2.49. The van der Waals surface area contributed by atoms with Gasteiger partial charge in [-0.3, -0.25) is 0 Å². The molecule has 1 saturated carbocycles. The van der Waals surface area contributed by atoms with Crippen LogP contribution in [0.2, 0.25) is 0 Å². The molecular formula is C19H32O2. The van der Waals surface area contributed by atoms with Crippen molar-refractivity contribution in [3.05, 3.63) is 11.1 Å². The second-order valence-corrected chi connectivity index (χ2v) is 10.0. The second kappa shape index (κ2) is 4.35. The van der Waals surface area contributed by atoms with E-state index in [1.165, 1.54) is 18.4 Å². The van der Waals surface area contributed by atoms with Crippen LogP contribution in [0.15, 0.2) is 11.1 Å². The molecule has 0 aliphatic heterocycles. The molecule has 3 aliphatic rings. The van der Waals surface area contributed by atoms with Crippen molar-refractivity contribution in [3.8, 4) is 0 Å². The molecule has 21 heavy (non-hydrogen) atoms. The zero-order chi connectivity index (χ0) is 15.7. The summed E-state index contributed by atoms with van der Waals surface area (Å²) in [5.41, 5.74) is 3.68. The average molecular weight is 292 g/mol. The summed E-state index contributed by atoms with van der Waals surface area (Å²) < 4.78 is 0. The molecular weight excluding hydrogens is 260 g/mol. The molecule has 0 saturated heterocycles. The number of hydrogen-bond acceptors (Lipinski definition) is 2. The fourth-order valence-corrected chi connectivity index (χ4v) is 6.75. The van der Waals surface area contributed by atoms with Gasteiger partial charge in [-0.1, -0.05) is 45.8 Å². The third-order valence-corrected chi connectivity index (χ3v) is 6.53.